The second-order valence-electron chi connectivity index (χ2n) is 6.04. The van der Waals surface area contributed by atoms with Gasteiger partial charge in [0, 0.05) is 19.3 Å². The first kappa shape index (κ1) is 13.5. The fourth-order valence-corrected chi connectivity index (χ4v) is 2.49. The van der Waals surface area contributed by atoms with Crippen LogP contribution in [-0.4, -0.2) is 39.5 Å². The van der Waals surface area contributed by atoms with E-state index in [1.54, 1.807) is 0 Å². The highest BCUT2D eigenvalue weighted by Gasteiger charge is 2.22. The third kappa shape index (κ3) is 3.78. The molecule has 0 aromatic carbocycles. The van der Waals surface area contributed by atoms with Crippen LogP contribution in [0, 0.1) is 5.41 Å². The van der Waals surface area contributed by atoms with Crippen molar-refractivity contribution < 1.29 is 0 Å². The van der Waals surface area contributed by atoms with Gasteiger partial charge in [-0.2, -0.15) is 0 Å². The molecule has 18 heavy (non-hydrogen) atoms. The molecule has 5 heteroatoms. The van der Waals surface area contributed by atoms with E-state index in [0.29, 0.717) is 12.0 Å². The van der Waals surface area contributed by atoms with Gasteiger partial charge in [-0.1, -0.05) is 19.1 Å². The Hall–Kier alpha value is -0.940. The maximum atomic E-state index is 5.53. The van der Waals surface area contributed by atoms with E-state index in [1.165, 1.54) is 32.4 Å². The van der Waals surface area contributed by atoms with Crippen molar-refractivity contribution in [3.05, 3.63) is 11.9 Å². The standard InChI is InChI=1S/C13H25N5/c1-13(2)4-3-6-17(7-5-13)8-9-18-11-12(10-14)15-16-18/h11H,3-10,14H2,1-2H3. The van der Waals surface area contributed by atoms with Crippen LogP contribution >= 0.6 is 0 Å². The van der Waals surface area contributed by atoms with Crippen molar-refractivity contribution in [3.63, 3.8) is 0 Å². The van der Waals surface area contributed by atoms with Gasteiger partial charge in [0.1, 0.15) is 0 Å². The number of nitrogens with zero attached hydrogens (tertiary/aromatic N) is 4. The fourth-order valence-electron chi connectivity index (χ4n) is 2.49. The first-order valence-corrected chi connectivity index (χ1v) is 6.90. The third-order valence-corrected chi connectivity index (χ3v) is 3.87. The van der Waals surface area contributed by atoms with E-state index in [9.17, 15) is 0 Å². The topological polar surface area (TPSA) is 60.0 Å². The number of likely N-dealkylation sites (tertiary alicyclic amines) is 1. The zero-order valence-corrected chi connectivity index (χ0v) is 11.6. The van der Waals surface area contributed by atoms with Gasteiger partial charge >= 0.3 is 0 Å². The highest BCUT2D eigenvalue weighted by atomic mass is 15.4. The molecule has 102 valence electrons. The lowest BCUT2D eigenvalue weighted by Crippen LogP contribution is -2.29. The van der Waals surface area contributed by atoms with Crippen molar-refractivity contribution in [1.29, 1.82) is 0 Å². The molecule has 1 fully saturated rings. The molecule has 5 nitrogen and oxygen atoms in total. The largest absolute Gasteiger partial charge is 0.325 e. The van der Waals surface area contributed by atoms with E-state index in [0.717, 1.165) is 18.8 Å². The van der Waals surface area contributed by atoms with Gasteiger partial charge in [0.15, 0.2) is 0 Å². The molecule has 2 rings (SSSR count). The van der Waals surface area contributed by atoms with E-state index in [4.69, 9.17) is 5.73 Å². The van der Waals surface area contributed by atoms with Crippen molar-refractivity contribution in [2.75, 3.05) is 19.6 Å². The van der Waals surface area contributed by atoms with Crippen LogP contribution in [0.3, 0.4) is 0 Å². The normalized spacial score (nSPS) is 20.8. The second-order valence-corrected chi connectivity index (χ2v) is 6.04. The Morgan fingerprint density at radius 3 is 2.83 bits per heavy atom. The Morgan fingerprint density at radius 2 is 2.11 bits per heavy atom. The summed E-state index contributed by atoms with van der Waals surface area (Å²) in [5.41, 5.74) is 6.90. The lowest BCUT2D eigenvalue weighted by atomic mass is 9.85. The van der Waals surface area contributed by atoms with Crippen LogP contribution in [0.25, 0.3) is 0 Å². The third-order valence-electron chi connectivity index (χ3n) is 3.87. The maximum absolute atomic E-state index is 5.53. The van der Waals surface area contributed by atoms with Crippen molar-refractivity contribution in [1.82, 2.24) is 19.9 Å². The minimum Gasteiger partial charge on any atom is -0.325 e. The molecule has 1 aliphatic rings. The molecule has 0 saturated carbocycles. The maximum Gasteiger partial charge on any atom is 0.0962 e. The van der Waals surface area contributed by atoms with Crippen LogP contribution in [0.2, 0.25) is 0 Å². The van der Waals surface area contributed by atoms with Gasteiger partial charge in [-0.05, 0) is 37.8 Å². The second kappa shape index (κ2) is 5.80. The van der Waals surface area contributed by atoms with Crippen LogP contribution in [0.5, 0.6) is 0 Å². The molecule has 0 amide bonds. The Labute approximate surface area is 109 Å². The molecule has 0 radical (unpaired) electrons. The summed E-state index contributed by atoms with van der Waals surface area (Å²) in [5, 5.41) is 8.09. The molecule has 1 saturated heterocycles. The predicted octanol–water partition coefficient (Wildman–Crippen LogP) is 1.25. The average molecular weight is 251 g/mol. The summed E-state index contributed by atoms with van der Waals surface area (Å²) < 4.78 is 1.90. The molecule has 0 unspecified atom stereocenters. The quantitative estimate of drug-likeness (QED) is 0.875. The Kier molecular flexibility index (Phi) is 4.35. The van der Waals surface area contributed by atoms with Crippen LogP contribution < -0.4 is 5.73 Å². The summed E-state index contributed by atoms with van der Waals surface area (Å²) in [6.07, 6.45) is 5.88. The molecular weight excluding hydrogens is 226 g/mol. The van der Waals surface area contributed by atoms with Gasteiger partial charge in [0.25, 0.3) is 0 Å². The summed E-state index contributed by atoms with van der Waals surface area (Å²) in [5.74, 6) is 0. The van der Waals surface area contributed by atoms with Crippen LogP contribution in [0.1, 0.15) is 38.8 Å². The van der Waals surface area contributed by atoms with E-state index < -0.39 is 0 Å². The summed E-state index contributed by atoms with van der Waals surface area (Å²) in [6, 6.07) is 0. The Bertz CT molecular complexity index is 371. The van der Waals surface area contributed by atoms with Crippen LogP contribution in [0.15, 0.2) is 6.20 Å². The summed E-state index contributed by atoms with van der Waals surface area (Å²) in [7, 11) is 0. The molecule has 1 aromatic heterocycles. The minimum atomic E-state index is 0.470. The first-order chi connectivity index (χ1) is 8.59. The number of hydrogen-bond acceptors (Lipinski definition) is 4. The monoisotopic (exact) mass is 251 g/mol. The van der Waals surface area contributed by atoms with Crippen molar-refractivity contribution in [2.24, 2.45) is 11.1 Å². The average Bonchev–Trinajstić information content (AvgIpc) is 2.72. The van der Waals surface area contributed by atoms with Gasteiger partial charge in [0.2, 0.25) is 0 Å². The summed E-state index contributed by atoms with van der Waals surface area (Å²) in [6.45, 7) is 9.60. The molecule has 0 bridgehead atoms. The van der Waals surface area contributed by atoms with Gasteiger partial charge in [-0.15, -0.1) is 5.10 Å². The van der Waals surface area contributed by atoms with Crippen LogP contribution in [0.4, 0.5) is 0 Å². The lowest BCUT2D eigenvalue weighted by molar-refractivity contribution is 0.250. The zero-order chi connectivity index (χ0) is 13.0. The molecule has 0 aliphatic carbocycles. The number of nitrogens with two attached hydrogens (primary N) is 1. The Morgan fingerprint density at radius 1 is 1.28 bits per heavy atom. The first-order valence-electron chi connectivity index (χ1n) is 6.90. The van der Waals surface area contributed by atoms with E-state index in [2.05, 4.69) is 29.1 Å². The SMILES string of the molecule is CC1(C)CCCN(CCn2cc(CN)nn2)CC1. The molecule has 1 aromatic rings. The fraction of sp³-hybridized carbons (Fsp3) is 0.846. The van der Waals surface area contributed by atoms with Crippen LogP contribution in [-0.2, 0) is 13.1 Å². The summed E-state index contributed by atoms with van der Waals surface area (Å²) >= 11 is 0. The van der Waals surface area contributed by atoms with E-state index in [-0.39, 0.29) is 0 Å². The molecule has 0 spiro atoms. The molecular formula is C13H25N5. The highest BCUT2D eigenvalue weighted by Crippen LogP contribution is 2.29. The summed E-state index contributed by atoms with van der Waals surface area (Å²) in [4.78, 5) is 2.54. The molecule has 1 aliphatic heterocycles. The van der Waals surface area contributed by atoms with Gasteiger partial charge < -0.3 is 10.6 Å². The van der Waals surface area contributed by atoms with Crippen molar-refractivity contribution in [2.45, 2.75) is 46.2 Å². The zero-order valence-electron chi connectivity index (χ0n) is 11.6. The van der Waals surface area contributed by atoms with E-state index >= 15 is 0 Å². The highest BCUT2D eigenvalue weighted by molar-refractivity contribution is 4.90. The van der Waals surface area contributed by atoms with Crippen molar-refractivity contribution in [3.8, 4) is 0 Å². The predicted molar refractivity (Wildman–Crippen MR) is 72.0 cm³/mol. The van der Waals surface area contributed by atoms with Gasteiger partial charge in [0.05, 0.1) is 12.2 Å². The molecule has 2 heterocycles. The molecule has 0 atom stereocenters. The van der Waals surface area contributed by atoms with Gasteiger partial charge in [-0.3, -0.25) is 4.68 Å². The smallest absolute Gasteiger partial charge is 0.0962 e. The Balaban J connectivity index is 1.79. The number of hydrogen-bond donors (Lipinski definition) is 1. The number of rotatable bonds is 4. The van der Waals surface area contributed by atoms with Crippen molar-refractivity contribution >= 4 is 0 Å². The van der Waals surface area contributed by atoms with Gasteiger partial charge in [-0.25, -0.2) is 0 Å². The molecule has 2 N–H and O–H groups in total. The minimum absolute atomic E-state index is 0.470. The lowest BCUT2D eigenvalue weighted by Gasteiger charge is -2.23. The number of aromatic nitrogens is 3. The van der Waals surface area contributed by atoms with E-state index in [1.807, 2.05) is 10.9 Å².